The molecule has 1 aromatic rings. The number of halogens is 1. The van der Waals surface area contributed by atoms with E-state index in [1.165, 1.54) is 11.8 Å². The van der Waals surface area contributed by atoms with Gasteiger partial charge in [0.2, 0.25) is 0 Å². The highest BCUT2D eigenvalue weighted by Gasteiger charge is 2.21. The van der Waals surface area contributed by atoms with E-state index in [0.29, 0.717) is 15.0 Å². The average Bonchev–Trinajstić information content (AvgIpc) is 2.67. The molecule has 2 rings (SSSR count). The molecule has 1 aliphatic heterocycles. The van der Waals surface area contributed by atoms with E-state index in [4.69, 9.17) is 23.4 Å². The second-order valence-electron chi connectivity index (χ2n) is 3.53. The normalized spacial score (nSPS) is 16.3. The number of amides is 1. The predicted molar refractivity (Wildman–Crippen MR) is 84.8 cm³/mol. The Kier molecular flexibility index (Phi) is 4.64. The summed E-state index contributed by atoms with van der Waals surface area (Å²) in [7, 11) is 0. The molecule has 1 fully saturated rings. The first kappa shape index (κ1) is 14.1. The molecule has 1 N–H and O–H groups in total. The molecular formula is C13H8BrNO2S2. The summed E-state index contributed by atoms with van der Waals surface area (Å²) in [5.41, 5.74) is 0.877. The predicted octanol–water partition coefficient (Wildman–Crippen LogP) is 2.95. The fraction of sp³-hybridized carbons (Fsp3) is 0.0769. The maximum Gasteiger partial charge on any atom is 0.263 e. The maximum atomic E-state index is 11.5. The molecular weight excluding hydrogens is 346 g/mol. The highest BCUT2D eigenvalue weighted by Crippen LogP contribution is 2.30. The standard InChI is InChI=1S/C13H8BrNO2S2/c1-2-5-17-10-4-3-8(6-9(10)14)7-11-12(16)15-13(18)19-11/h1,3-4,6-7H,5H2,(H,15,16,18)/b11-7-. The fourth-order valence-electron chi connectivity index (χ4n) is 1.42. The van der Waals surface area contributed by atoms with Crippen molar-refractivity contribution in [1.82, 2.24) is 5.32 Å². The van der Waals surface area contributed by atoms with E-state index < -0.39 is 0 Å². The van der Waals surface area contributed by atoms with Crippen LogP contribution in [-0.2, 0) is 4.79 Å². The zero-order valence-corrected chi connectivity index (χ0v) is 12.8. The Balaban J connectivity index is 2.21. The highest BCUT2D eigenvalue weighted by molar-refractivity contribution is 9.10. The quantitative estimate of drug-likeness (QED) is 0.515. The van der Waals surface area contributed by atoms with Crippen molar-refractivity contribution in [3.05, 3.63) is 33.1 Å². The lowest BCUT2D eigenvalue weighted by molar-refractivity contribution is -0.115. The topological polar surface area (TPSA) is 38.3 Å². The molecule has 96 valence electrons. The van der Waals surface area contributed by atoms with E-state index in [-0.39, 0.29) is 12.5 Å². The Bertz CT molecular complexity index is 620. The lowest BCUT2D eigenvalue weighted by atomic mass is 10.2. The minimum atomic E-state index is -0.168. The molecule has 0 atom stereocenters. The number of terminal acetylenes is 1. The number of thioether (sulfide) groups is 1. The summed E-state index contributed by atoms with van der Waals surface area (Å²) in [4.78, 5) is 12.1. The summed E-state index contributed by atoms with van der Waals surface area (Å²) < 4.78 is 6.60. The number of hydrogen-bond acceptors (Lipinski definition) is 4. The highest BCUT2D eigenvalue weighted by atomic mass is 79.9. The van der Waals surface area contributed by atoms with Gasteiger partial charge in [0, 0.05) is 0 Å². The summed E-state index contributed by atoms with van der Waals surface area (Å²) in [6.07, 6.45) is 6.91. The summed E-state index contributed by atoms with van der Waals surface area (Å²) in [6.45, 7) is 0.214. The summed E-state index contributed by atoms with van der Waals surface area (Å²) in [5, 5.41) is 2.57. The minimum Gasteiger partial charge on any atom is -0.480 e. The van der Waals surface area contributed by atoms with Gasteiger partial charge in [-0.15, -0.1) is 6.42 Å². The number of carbonyl (C=O) groups is 1. The first-order valence-corrected chi connectivity index (χ1v) is 7.22. The van der Waals surface area contributed by atoms with Crippen LogP contribution in [0, 0.1) is 12.3 Å². The van der Waals surface area contributed by atoms with Gasteiger partial charge in [0.1, 0.15) is 16.7 Å². The largest absolute Gasteiger partial charge is 0.480 e. The van der Waals surface area contributed by atoms with E-state index in [0.717, 1.165) is 10.0 Å². The zero-order chi connectivity index (χ0) is 13.8. The van der Waals surface area contributed by atoms with Crippen LogP contribution in [0.3, 0.4) is 0 Å². The molecule has 1 aromatic carbocycles. The van der Waals surface area contributed by atoms with E-state index in [2.05, 4.69) is 27.2 Å². The van der Waals surface area contributed by atoms with Crippen molar-refractivity contribution in [3.63, 3.8) is 0 Å². The van der Waals surface area contributed by atoms with Gasteiger partial charge in [0.05, 0.1) is 9.38 Å². The van der Waals surface area contributed by atoms with Crippen LogP contribution in [-0.4, -0.2) is 16.8 Å². The van der Waals surface area contributed by atoms with Crippen LogP contribution in [0.25, 0.3) is 6.08 Å². The van der Waals surface area contributed by atoms with Crippen molar-refractivity contribution in [1.29, 1.82) is 0 Å². The number of carbonyl (C=O) groups excluding carboxylic acids is 1. The van der Waals surface area contributed by atoms with Gasteiger partial charge in [-0.25, -0.2) is 0 Å². The number of ether oxygens (including phenoxy) is 1. The zero-order valence-electron chi connectivity index (χ0n) is 9.60. The second-order valence-corrected chi connectivity index (χ2v) is 6.11. The Morgan fingerprint density at radius 1 is 1.58 bits per heavy atom. The first-order valence-electron chi connectivity index (χ1n) is 5.21. The van der Waals surface area contributed by atoms with Crippen LogP contribution in [0.15, 0.2) is 27.6 Å². The van der Waals surface area contributed by atoms with Crippen molar-refractivity contribution in [2.45, 2.75) is 0 Å². The van der Waals surface area contributed by atoms with Crippen LogP contribution < -0.4 is 10.1 Å². The fourth-order valence-corrected chi connectivity index (χ4v) is 2.97. The molecule has 0 bridgehead atoms. The van der Waals surface area contributed by atoms with Crippen LogP contribution in [0.2, 0.25) is 0 Å². The van der Waals surface area contributed by atoms with E-state index in [1.807, 2.05) is 12.1 Å². The third-order valence-corrected chi connectivity index (χ3v) is 3.99. The van der Waals surface area contributed by atoms with Crippen molar-refractivity contribution >= 4 is 56.2 Å². The van der Waals surface area contributed by atoms with Gasteiger partial charge in [-0.1, -0.05) is 36.0 Å². The Hall–Kier alpha value is -1.29. The van der Waals surface area contributed by atoms with Crippen LogP contribution >= 0.6 is 39.9 Å². The minimum absolute atomic E-state index is 0.168. The van der Waals surface area contributed by atoms with Crippen LogP contribution in [0.5, 0.6) is 5.75 Å². The molecule has 6 heteroatoms. The van der Waals surface area contributed by atoms with Gasteiger partial charge in [0.15, 0.2) is 0 Å². The molecule has 1 heterocycles. The molecule has 0 saturated carbocycles. The summed E-state index contributed by atoms with van der Waals surface area (Å²) in [6, 6.07) is 5.50. The molecule has 1 saturated heterocycles. The summed E-state index contributed by atoms with van der Waals surface area (Å²) >= 11 is 9.57. The number of thiocarbonyl (C=S) groups is 1. The number of nitrogens with one attached hydrogen (secondary N) is 1. The lowest BCUT2D eigenvalue weighted by Gasteiger charge is -2.05. The van der Waals surface area contributed by atoms with Gasteiger partial charge >= 0.3 is 0 Å². The molecule has 1 amide bonds. The monoisotopic (exact) mass is 353 g/mol. The van der Waals surface area contributed by atoms with Gasteiger partial charge in [-0.3, -0.25) is 4.79 Å². The third-order valence-electron chi connectivity index (χ3n) is 2.21. The van der Waals surface area contributed by atoms with Crippen molar-refractivity contribution in [3.8, 4) is 18.1 Å². The van der Waals surface area contributed by atoms with Gasteiger partial charge in [-0.05, 0) is 39.7 Å². The van der Waals surface area contributed by atoms with Gasteiger partial charge < -0.3 is 10.1 Å². The number of rotatable bonds is 3. The molecule has 0 unspecified atom stereocenters. The molecule has 3 nitrogen and oxygen atoms in total. The summed E-state index contributed by atoms with van der Waals surface area (Å²) in [5.74, 6) is 2.90. The Labute approximate surface area is 128 Å². The Morgan fingerprint density at radius 3 is 2.95 bits per heavy atom. The molecule has 19 heavy (non-hydrogen) atoms. The molecule has 0 spiro atoms. The first-order chi connectivity index (χ1) is 9.10. The molecule has 1 aliphatic rings. The van der Waals surface area contributed by atoms with Crippen molar-refractivity contribution < 1.29 is 9.53 Å². The number of benzene rings is 1. The Morgan fingerprint density at radius 2 is 2.37 bits per heavy atom. The van der Waals surface area contributed by atoms with Crippen molar-refractivity contribution in [2.24, 2.45) is 0 Å². The van der Waals surface area contributed by atoms with Gasteiger partial charge in [-0.2, -0.15) is 0 Å². The smallest absolute Gasteiger partial charge is 0.263 e. The number of hydrogen-bond donors (Lipinski definition) is 1. The molecule has 0 aromatic heterocycles. The lowest BCUT2D eigenvalue weighted by Crippen LogP contribution is -2.17. The third kappa shape index (κ3) is 3.60. The SMILES string of the molecule is C#CCOc1ccc(/C=C2\SC(=S)NC2=O)cc1Br. The maximum absolute atomic E-state index is 11.5. The second kappa shape index (κ2) is 6.24. The van der Waals surface area contributed by atoms with Crippen molar-refractivity contribution in [2.75, 3.05) is 6.61 Å². The average molecular weight is 354 g/mol. The molecule has 0 aliphatic carbocycles. The van der Waals surface area contributed by atoms with Crippen LogP contribution in [0.1, 0.15) is 5.56 Å². The van der Waals surface area contributed by atoms with Gasteiger partial charge in [0.25, 0.3) is 5.91 Å². The molecule has 0 radical (unpaired) electrons. The van der Waals surface area contributed by atoms with E-state index in [9.17, 15) is 4.79 Å². The van der Waals surface area contributed by atoms with Crippen LogP contribution in [0.4, 0.5) is 0 Å². The van der Waals surface area contributed by atoms with E-state index >= 15 is 0 Å². The van der Waals surface area contributed by atoms with E-state index in [1.54, 1.807) is 12.1 Å².